The molecule has 32 heavy (non-hydrogen) atoms. The summed E-state index contributed by atoms with van der Waals surface area (Å²) in [5.41, 5.74) is 2.13. The minimum Gasteiger partial charge on any atom is -0.466 e. The number of pyridine rings is 1. The molecular weight excluding hydrogens is 426 g/mol. The lowest BCUT2D eigenvalue weighted by molar-refractivity contribution is -0.149. The molecule has 0 spiro atoms. The van der Waals surface area contributed by atoms with Gasteiger partial charge in [-0.15, -0.1) is 11.3 Å². The molecule has 0 aliphatic carbocycles. The first-order valence-corrected chi connectivity index (χ1v) is 11.6. The van der Waals surface area contributed by atoms with Gasteiger partial charge in [-0.3, -0.25) is 19.5 Å². The summed E-state index contributed by atoms with van der Waals surface area (Å²) in [6, 6.07) is 9.43. The molecule has 0 bridgehead atoms. The van der Waals surface area contributed by atoms with Crippen molar-refractivity contribution in [1.29, 1.82) is 0 Å². The van der Waals surface area contributed by atoms with E-state index in [4.69, 9.17) is 9.15 Å². The number of anilines is 1. The zero-order valence-corrected chi connectivity index (χ0v) is 19.1. The number of likely N-dealkylation sites (tertiary alicyclic amines) is 1. The molecule has 8 heteroatoms. The highest BCUT2D eigenvalue weighted by atomic mass is 32.1. The van der Waals surface area contributed by atoms with Crippen LogP contribution in [0.15, 0.2) is 53.4 Å². The molecule has 1 amide bonds. The van der Waals surface area contributed by atoms with E-state index in [0.717, 1.165) is 46.9 Å². The highest BCUT2D eigenvalue weighted by Gasteiger charge is 2.33. The highest BCUT2D eigenvalue weighted by molar-refractivity contribution is 7.16. The second-order valence-electron chi connectivity index (χ2n) is 7.82. The molecule has 0 radical (unpaired) electrons. The van der Waals surface area contributed by atoms with Crippen LogP contribution in [-0.2, 0) is 9.53 Å². The van der Waals surface area contributed by atoms with Crippen molar-refractivity contribution in [3.05, 3.63) is 70.8 Å². The van der Waals surface area contributed by atoms with Crippen molar-refractivity contribution in [3.8, 4) is 0 Å². The van der Waals surface area contributed by atoms with Crippen molar-refractivity contribution in [3.63, 3.8) is 0 Å². The Hall–Kier alpha value is -2.97. The second-order valence-corrected chi connectivity index (χ2v) is 9.07. The Morgan fingerprint density at radius 1 is 1.28 bits per heavy atom. The largest absolute Gasteiger partial charge is 0.466 e. The van der Waals surface area contributed by atoms with Gasteiger partial charge in [0.15, 0.2) is 5.76 Å². The summed E-state index contributed by atoms with van der Waals surface area (Å²) in [7, 11) is 0. The fourth-order valence-electron chi connectivity index (χ4n) is 4.19. The number of esters is 1. The maximum atomic E-state index is 12.7. The van der Waals surface area contributed by atoms with Crippen molar-refractivity contribution in [1.82, 2.24) is 9.88 Å². The second kappa shape index (κ2) is 10.1. The summed E-state index contributed by atoms with van der Waals surface area (Å²) in [4.78, 5) is 32.5. The molecule has 4 rings (SSSR count). The van der Waals surface area contributed by atoms with E-state index in [1.807, 2.05) is 26.0 Å². The monoisotopic (exact) mass is 453 g/mol. The van der Waals surface area contributed by atoms with E-state index in [-0.39, 0.29) is 29.6 Å². The van der Waals surface area contributed by atoms with Crippen LogP contribution < -0.4 is 5.32 Å². The zero-order valence-electron chi connectivity index (χ0n) is 18.2. The minimum absolute atomic E-state index is 0.0574. The number of furan rings is 1. The van der Waals surface area contributed by atoms with E-state index < -0.39 is 0 Å². The van der Waals surface area contributed by atoms with Crippen LogP contribution in [-0.4, -0.2) is 41.5 Å². The number of ether oxygens (including phenoxy) is 1. The summed E-state index contributed by atoms with van der Waals surface area (Å²) in [6.45, 7) is 5.80. The lowest BCUT2D eigenvalue weighted by Gasteiger charge is -2.37. The Morgan fingerprint density at radius 3 is 2.69 bits per heavy atom. The molecule has 1 N–H and O–H groups in total. The fourth-order valence-corrected chi connectivity index (χ4v) is 5.13. The summed E-state index contributed by atoms with van der Waals surface area (Å²) in [5.74, 6) is -0.165. The van der Waals surface area contributed by atoms with Gasteiger partial charge in [-0.05, 0) is 75.7 Å². The number of thiophene rings is 1. The van der Waals surface area contributed by atoms with Crippen molar-refractivity contribution < 1.29 is 18.7 Å². The number of carbonyl (C=O) groups excluding carboxylic acids is 2. The van der Waals surface area contributed by atoms with Gasteiger partial charge in [-0.1, -0.05) is 0 Å². The maximum absolute atomic E-state index is 12.7. The molecule has 168 valence electrons. The Labute approximate surface area is 191 Å². The summed E-state index contributed by atoms with van der Waals surface area (Å²) < 4.78 is 10.5. The van der Waals surface area contributed by atoms with E-state index in [0.29, 0.717) is 6.61 Å². The van der Waals surface area contributed by atoms with Crippen LogP contribution in [0.4, 0.5) is 5.00 Å². The van der Waals surface area contributed by atoms with E-state index in [9.17, 15) is 9.59 Å². The van der Waals surface area contributed by atoms with Gasteiger partial charge in [0, 0.05) is 22.8 Å². The maximum Gasteiger partial charge on any atom is 0.309 e. The third-order valence-electron chi connectivity index (χ3n) is 5.69. The predicted molar refractivity (Wildman–Crippen MR) is 123 cm³/mol. The Balaban J connectivity index is 1.61. The topological polar surface area (TPSA) is 84.7 Å². The van der Waals surface area contributed by atoms with Gasteiger partial charge in [0.1, 0.15) is 5.00 Å². The third kappa shape index (κ3) is 4.92. The van der Waals surface area contributed by atoms with Crippen LogP contribution in [0.1, 0.15) is 52.4 Å². The summed E-state index contributed by atoms with van der Waals surface area (Å²) >= 11 is 1.55. The molecular formula is C24H27N3O4S. The van der Waals surface area contributed by atoms with Crippen LogP contribution in [0.3, 0.4) is 0 Å². The van der Waals surface area contributed by atoms with Gasteiger partial charge in [0.2, 0.25) is 0 Å². The standard InChI is InChI=1S/C24H27N3O4S/c1-3-30-24(29)18-8-12-27(13-9-18)21(17-6-10-25-11-7-17)19-15-16(2)32-23(19)26-22(28)20-5-4-14-31-20/h4-7,10-11,14-15,18,21H,3,8-9,12-13H2,1-2H3,(H,26,28)/t21-/m1/s1. The van der Waals surface area contributed by atoms with Crippen LogP contribution in [0.2, 0.25) is 0 Å². The molecule has 4 heterocycles. The van der Waals surface area contributed by atoms with Gasteiger partial charge in [0.25, 0.3) is 5.91 Å². The number of hydrogen-bond acceptors (Lipinski definition) is 7. The number of nitrogens with one attached hydrogen (secondary N) is 1. The van der Waals surface area contributed by atoms with Crippen LogP contribution in [0.25, 0.3) is 0 Å². The Morgan fingerprint density at radius 2 is 2.03 bits per heavy atom. The van der Waals surface area contributed by atoms with Crippen LogP contribution in [0, 0.1) is 12.8 Å². The molecule has 1 saturated heterocycles. The molecule has 3 aromatic rings. The molecule has 3 aromatic heterocycles. The average molecular weight is 454 g/mol. The van der Waals surface area contributed by atoms with Gasteiger partial charge in [0.05, 0.1) is 24.8 Å². The first-order chi connectivity index (χ1) is 15.6. The van der Waals surface area contributed by atoms with Crippen molar-refractivity contribution in [2.75, 3.05) is 25.0 Å². The third-order valence-corrected chi connectivity index (χ3v) is 6.67. The van der Waals surface area contributed by atoms with E-state index in [2.05, 4.69) is 21.3 Å². The molecule has 1 atom stereocenters. The quantitative estimate of drug-likeness (QED) is 0.524. The number of carbonyl (C=O) groups is 2. The van der Waals surface area contributed by atoms with Crippen LogP contribution >= 0.6 is 11.3 Å². The van der Waals surface area contributed by atoms with Crippen molar-refractivity contribution in [2.45, 2.75) is 32.7 Å². The van der Waals surface area contributed by atoms with Gasteiger partial charge in [-0.25, -0.2) is 0 Å². The Kier molecular flexibility index (Phi) is 7.02. The molecule has 0 unspecified atom stereocenters. The van der Waals surface area contributed by atoms with Gasteiger partial charge >= 0.3 is 5.97 Å². The first kappa shape index (κ1) is 22.2. The average Bonchev–Trinajstić information content (AvgIpc) is 3.46. The highest BCUT2D eigenvalue weighted by Crippen LogP contribution is 2.40. The number of rotatable bonds is 7. The summed E-state index contributed by atoms with van der Waals surface area (Å²) in [5, 5.41) is 3.84. The van der Waals surface area contributed by atoms with Crippen molar-refractivity contribution >= 4 is 28.2 Å². The van der Waals surface area contributed by atoms with Crippen molar-refractivity contribution in [2.24, 2.45) is 5.92 Å². The molecule has 0 aromatic carbocycles. The molecule has 0 saturated carbocycles. The number of aromatic nitrogens is 1. The first-order valence-electron chi connectivity index (χ1n) is 10.8. The number of aryl methyl sites for hydroxylation is 1. The lowest BCUT2D eigenvalue weighted by Crippen LogP contribution is -2.39. The lowest BCUT2D eigenvalue weighted by atomic mass is 9.92. The number of amides is 1. The normalized spacial score (nSPS) is 15.9. The number of hydrogen-bond donors (Lipinski definition) is 1. The molecule has 1 aliphatic heterocycles. The van der Waals surface area contributed by atoms with E-state index in [1.165, 1.54) is 6.26 Å². The van der Waals surface area contributed by atoms with Gasteiger partial charge in [-0.2, -0.15) is 0 Å². The van der Waals surface area contributed by atoms with E-state index >= 15 is 0 Å². The summed E-state index contributed by atoms with van der Waals surface area (Å²) in [6.07, 6.45) is 6.56. The molecule has 1 aliphatic rings. The smallest absolute Gasteiger partial charge is 0.309 e. The number of nitrogens with zero attached hydrogens (tertiary/aromatic N) is 2. The SMILES string of the molecule is CCOC(=O)C1CCN([C@H](c2ccncc2)c2cc(C)sc2NC(=O)c2ccco2)CC1. The van der Waals surface area contributed by atoms with E-state index in [1.54, 1.807) is 35.9 Å². The zero-order chi connectivity index (χ0) is 22.5. The number of piperidine rings is 1. The molecule has 7 nitrogen and oxygen atoms in total. The predicted octanol–water partition coefficient (Wildman–Crippen LogP) is 4.66. The fraction of sp³-hybridized carbons (Fsp3) is 0.375. The minimum atomic E-state index is -0.271. The Bertz CT molecular complexity index is 1040. The van der Waals surface area contributed by atoms with Crippen LogP contribution in [0.5, 0.6) is 0 Å². The molecule has 1 fully saturated rings. The van der Waals surface area contributed by atoms with Gasteiger partial charge < -0.3 is 14.5 Å².